The van der Waals surface area contributed by atoms with Gasteiger partial charge in [0.15, 0.2) is 0 Å². The van der Waals surface area contributed by atoms with E-state index < -0.39 is 11.9 Å². The van der Waals surface area contributed by atoms with Gasteiger partial charge in [0.05, 0.1) is 0 Å². The van der Waals surface area contributed by atoms with Crippen LogP contribution < -0.4 is 0 Å². The summed E-state index contributed by atoms with van der Waals surface area (Å²) >= 11 is 0. The molecular formula is C7H8O4. The maximum absolute atomic E-state index is 10.6. The maximum Gasteiger partial charge on any atom is 0.331 e. The Bertz CT molecular complexity index is 202. The van der Waals surface area contributed by atoms with Crippen LogP contribution in [-0.4, -0.2) is 23.1 Å². The van der Waals surface area contributed by atoms with E-state index in [0.29, 0.717) is 0 Å². The normalized spacial score (nSPS) is 16.7. The molecule has 0 spiro atoms. The van der Waals surface area contributed by atoms with Gasteiger partial charge in [-0.1, -0.05) is 0 Å². The molecule has 0 heterocycles. The van der Waals surface area contributed by atoms with Crippen molar-refractivity contribution in [3.63, 3.8) is 0 Å². The number of carboxylic acids is 1. The summed E-state index contributed by atoms with van der Waals surface area (Å²) in [6.45, 7) is 0. The zero-order valence-electron chi connectivity index (χ0n) is 5.82. The average molecular weight is 156 g/mol. The molecule has 0 amide bonds. The molecule has 0 saturated heterocycles. The Balaban J connectivity index is 2.23. The van der Waals surface area contributed by atoms with Crippen LogP contribution in [0, 0.1) is 0 Å². The minimum absolute atomic E-state index is 0.0287. The molecular weight excluding hydrogens is 148 g/mol. The number of aliphatic carboxylic acids is 1. The summed E-state index contributed by atoms with van der Waals surface area (Å²) in [5, 5.41) is 8.12. The van der Waals surface area contributed by atoms with Gasteiger partial charge in [0.25, 0.3) is 0 Å². The van der Waals surface area contributed by atoms with E-state index in [-0.39, 0.29) is 6.10 Å². The number of carbonyl (C=O) groups is 2. The Morgan fingerprint density at radius 2 is 2.00 bits per heavy atom. The molecule has 1 aliphatic rings. The predicted octanol–water partition coefficient (Wildman–Crippen LogP) is 0.333. The lowest BCUT2D eigenvalue weighted by Gasteiger charge is -1.94. The van der Waals surface area contributed by atoms with E-state index in [1.807, 2.05) is 0 Å². The van der Waals surface area contributed by atoms with Crippen LogP contribution in [0.5, 0.6) is 0 Å². The van der Waals surface area contributed by atoms with E-state index >= 15 is 0 Å². The number of ether oxygens (including phenoxy) is 1. The zero-order valence-corrected chi connectivity index (χ0v) is 5.82. The molecule has 1 N–H and O–H groups in total. The Labute approximate surface area is 63.5 Å². The standard InChI is InChI=1S/C7H8O4/c8-6(9)3-4-7(10)11-5-1-2-5/h3-5H,1-2H2,(H,8,9)/b4-3-. The van der Waals surface area contributed by atoms with Crippen molar-refractivity contribution in [1.82, 2.24) is 0 Å². The third kappa shape index (κ3) is 3.40. The third-order valence-electron chi connectivity index (χ3n) is 1.17. The number of hydrogen-bond donors (Lipinski definition) is 1. The number of hydrogen-bond acceptors (Lipinski definition) is 3. The monoisotopic (exact) mass is 156 g/mol. The molecule has 0 bridgehead atoms. The van der Waals surface area contributed by atoms with Crippen molar-refractivity contribution in [3.05, 3.63) is 12.2 Å². The summed E-state index contributed by atoms with van der Waals surface area (Å²) in [6.07, 6.45) is 3.51. The van der Waals surface area contributed by atoms with Crippen LogP contribution in [0.4, 0.5) is 0 Å². The van der Waals surface area contributed by atoms with Crippen molar-refractivity contribution in [3.8, 4) is 0 Å². The molecule has 0 unspecified atom stereocenters. The molecule has 60 valence electrons. The summed E-state index contributed by atoms with van der Waals surface area (Å²) < 4.78 is 4.72. The fourth-order valence-electron chi connectivity index (χ4n) is 0.529. The van der Waals surface area contributed by atoms with Crippen molar-refractivity contribution in [2.45, 2.75) is 18.9 Å². The lowest BCUT2D eigenvalue weighted by molar-refractivity contribution is -0.139. The summed E-state index contributed by atoms with van der Waals surface area (Å²) in [7, 11) is 0. The van der Waals surface area contributed by atoms with Crippen molar-refractivity contribution in [2.24, 2.45) is 0 Å². The highest BCUT2D eigenvalue weighted by Crippen LogP contribution is 2.23. The topological polar surface area (TPSA) is 63.6 Å². The molecule has 0 aromatic heterocycles. The van der Waals surface area contributed by atoms with Crippen molar-refractivity contribution >= 4 is 11.9 Å². The second kappa shape index (κ2) is 3.18. The van der Waals surface area contributed by atoms with E-state index in [1.54, 1.807) is 0 Å². The summed E-state index contributed by atoms with van der Waals surface area (Å²) in [6, 6.07) is 0. The van der Waals surface area contributed by atoms with Gasteiger partial charge in [-0.2, -0.15) is 0 Å². The zero-order chi connectivity index (χ0) is 8.27. The third-order valence-corrected chi connectivity index (χ3v) is 1.17. The van der Waals surface area contributed by atoms with Crippen LogP contribution in [0.1, 0.15) is 12.8 Å². The first kappa shape index (κ1) is 7.78. The number of rotatable bonds is 3. The molecule has 0 aliphatic heterocycles. The average Bonchev–Trinajstić information content (AvgIpc) is 2.67. The van der Waals surface area contributed by atoms with Crippen LogP contribution in [0.15, 0.2) is 12.2 Å². The van der Waals surface area contributed by atoms with E-state index in [1.165, 1.54) is 0 Å². The van der Waals surface area contributed by atoms with E-state index in [2.05, 4.69) is 0 Å². The van der Waals surface area contributed by atoms with Crippen LogP contribution in [0.3, 0.4) is 0 Å². The lowest BCUT2D eigenvalue weighted by Crippen LogP contribution is -2.02. The van der Waals surface area contributed by atoms with Crippen molar-refractivity contribution < 1.29 is 19.4 Å². The van der Waals surface area contributed by atoms with Gasteiger partial charge in [-0.05, 0) is 12.8 Å². The second-order valence-corrected chi connectivity index (χ2v) is 2.31. The first-order valence-electron chi connectivity index (χ1n) is 3.30. The highest BCUT2D eigenvalue weighted by Gasteiger charge is 2.24. The minimum atomic E-state index is -1.14. The van der Waals surface area contributed by atoms with Gasteiger partial charge in [0, 0.05) is 12.2 Å². The summed E-state index contributed by atoms with van der Waals surface area (Å²) in [4.78, 5) is 20.5. The molecule has 0 radical (unpaired) electrons. The number of esters is 1. The Morgan fingerprint density at radius 1 is 1.36 bits per heavy atom. The minimum Gasteiger partial charge on any atom is -0.478 e. The van der Waals surface area contributed by atoms with Gasteiger partial charge in [0.2, 0.25) is 0 Å². The Morgan fingerprint density at radius 3 is 2.45 bits per heavy atom. The highest BCUT2D eigenvalue weighted by molar-refractivity contribution is 5.90. The van der Waals surface area contributed by atoms with E-state index in [9.17, 15) is 9.59 Å². The maximum atomic E-state index is 10.6. The lowest BCUT2D eigenvalue weighted by atomic mass is 10.5. The van der Waals surface area contributed by atoms with E-state index in [4.69, 9.17) is 9.84 Å². The van der Waals surface area contributed by atoms with Crippen LogP contribution in [0.25, 0.3) is 0 Å². The molecule has 1 saturated carbocycles. The molecule has 0 atom stereocenters. The van der Waals surface area contributed by atoms with Gasteiger partial charge in [-0.25, -0.2) is 9.59 Å². The van der Waals surface area contributed by atoms with Gasteiger partial charge in [0.1, 0.15) is 6.10 Å². The molecule has 11 heavy (non-hydrogen) atoms. The Hall–Kier alpha value is -1.32. The Kier molecular flexibility index (Phi) is 2.25. The summed E-state index contributed by atoms with van der Waals surface area (Å²) in [5.41, 5.74) is 0. The summed E-state index contributed by atoms with van der Waals surface area (Å²) in [5.74, 6) is -1.72. The van der Waals surface area contributed by atoms with Crippen molar-refractivity contribution in [1.29, 1.82) is 0 Å². The molecule has 4 nitrogen and oxygen atoms in total. The molecule has 4 heteroatoms. The smallest absolute Gasteiger partial charge is 0.331 e. The largest absolute Gasteiger partial charge is 0.478 e. The van der Waals surface area contributed by atoms with Gasteiger partial charge in [-0.15, -0.1) is 0 Å². The van der Waals surface area contributed by atoms with Gasteiger partial charge in [-0.3, -0.25) is 0 Å². The van der Waals surface area contributed by atoms with Gasteiger partial charge >= 0.3 is 11.9 Å². The molecule has 1 aliphatic carbocycles. The molecule has 1 fully saturated rings. The fourth-order valence-corrected chi connectivity index (χ4v) is 0.529. The van der Waals surface area contributed by atoms with Crippen molar-refractivity contribution in [2.75, 3.05) is 0 Å². The van der Waals surface area contributed by atoms with Crippen LogP contribution >= 0.6 is 0 Å². The molecule has 0 aromatic carbocycles. The predicted molar refractivity (Wildman–Crippen MR) is 35.9 cm³/mol. The van der Waals surface area contributed by atoms with E-state index in [0.717, 1.165) is 25.0 Å². The van der Waals surface area contributed by atoms with Crippen LogP contribution in [-0.2, 0) is 14.3 Å². The quantitative estimate of drug-likeness (QED) is 0.472. The highest BCUT2D eigenvalue weighted by atomic mass is 16.5. The first-order valence-corrected chi connectivity index (χ1v) is 3.30. The SMILES string of the molecule is O=C(O)/C=C\C(=O)OC1CC1. The number of carbonyl (C=O) groups excluding carboxylic acids is 1. The fraction of sp³-hybridized carbons (Fsp3) is 0.429. The molecule has 1 rings (SSSR count). The number of carboxylic acid groups (broad SMARTS) is 1. The van der Waals surface area contributed by atoms with Crippen LogP contribution in [0.2, 0.25) is 0 Å². The van der Waals surface area contributed by atoms with Gasteiger partial charge < -0.3 is 9.84 Å². The molecule has 0 aromatic rings. The second-order valence-electron chi connectivity index (χ2n) is 2.31. The first-order chi connectivity index (χ1) is 5.18.